The van der Waals surface area contributed by atoms with Gasteiger partial charge in [-0.15, -0.1) is 0 Å². The van der Waals surface area contributed by atoms with Crippen molar-refractivity contribution in [1.82, 2.24) is 15.1 Å². The third kappa shape index (κ3) is 3.65. The standard InChI is InChI=1S/C16H16BrN3O4/c17-12-3-1-2-11(8-12)9-13-15(22)20(16(23)18-13)10-14(21)19-4-6-24-7-5-19/h1-3,8-9H,4-7,10H2,(H,18,23)/b13-9-. The molecular weight excluding hydrogens is 378 g/mol. The normalized spacial score (nSPS) is 19.8. The van der Waals surface area contributed by atoms with Crippen molar-refractivity contribution in [2.45, 2.75) is 0 Å². The Morgan fingerprint density at radius 1 is 1.29 bits per heavy atom. The number of carbonyl (C=O) groups is 3. The lowest BCUT2D eigenvalue weighted by atomic mass is 10.2. The second-order valence-electron chi connectivity index (χ2n) is 5.43. The molecule has 24 heavy (non-hydrogen) atoms. The smallest absolute Gasteiger partial charge is 0.329 e. The van der Waals surface area contributed by atoms with Gasteiger partial charge in [-0.3, -0.25) is 9.59 Å². The molecule has 0 bridgehead atoms. The number of rotatable bonds is 3. The topological polar surface area (TPSA) is 79.0 Å². The molecule has 0 aliphatic carbocycles. The molecule has 0 atom stereocenters. The first kappa shape index (κ1) is 16.7. The van der Waals surface area contributed by atoms with Crippen LogP contribution in [0.25, 0.3) is 6.08 Å². The lowest BCUT2D eigenvalue weighted by molar-refractivity contribution is -0.139. The Balaban J connectivity index is 1.71. The number of morpholine rings is 1. The molecule has 0 unspecified atom stereocenters. The van der Waals surface area contributed by atoms with Gasteiger partial charge in [0.2, 0.25) is 5.91 Å². The summed E-state index contributed by atoms with van der Waals surface area (Å²) >= 11 is 3.35. The van der Waals surface area contributed by atoms with E-state index in [1.165, 1.54) is 0 Å². The van der Waals surface area contributed by atoms with Gasteiger partial charge < -0.3 is 15.0 Å². The van der Waals surface area contributed by atoms with Crippen LogP contribution < -0.4 is 5.32 Å². The molecule has 0 radical (unpaired) electrons. The summed E-state index contributed by atoms with van der Waals surface area (Å²) in [6, 6.07) is 6.76. The van der Waals surface area contributed by atoms with Crippen LogP contribution in [0.5, 0.6) is 0 Å². The zero-order valence-electron chi connectivity index (χ0n) is 12.8. The molecule has 0 saturated carbocycles. The molecule has 2 fully saturated rings. The van der Waals surface area contributed by atoms with E-state index in [1.54, 1.807) is 11.0 Å². The first-order valence-electron chi connectivity index (χ1n) is 7.50. The molecule has 4 amide bonds. The van der Waals surface area contributed by atoms with Crippen molar-refractivity contribution in [1.29, 1.82) is 0 Å². The number of ether oxygens (including phenoxy) is 1. The average Bonchev–Trinajstić information content (AvgIpc) is 2.83. The third-order valence-corrected chi connectivity index (χ3v) is 4.27. The number of nitrogens with zero attached hydrogens (tertiary/aromatic N) is 2. The Hall–Kier alpha value is -2.19. The number of hydrogen-bond acceptors (Lipinski definition) is 4. The van der Waals surface area contributed by atoms with Crippen LogP contribution in [0.15, 0.2) is 34.4 Å². The van der Waals surface area contributed by atoms with E-state index in [2.05, 4.69) is 21.2 Å². The number of benzene rings is 1. The van der Waals surface area contributed by atoms with Crippen LogP contribution in [0.4, 0.5) is 4.79 Å². The summed E-state index contributed by atoms with van der Waals surface area (Å²) in [7, 11) is 0. The molecule has 2 aliphatic heterocycles. The third-order valence-electron chi connectivity index (χ3n) is 3.78. The average molecular weight is 394 g/mol. The van der Waals surface area contributed by atoms with Gasteiger partial charge in [-0.25, -0.2) is 9.69 Å². The number of urea groups is 1. The number of hydrogen-bond donors (Lipinski definition) is 1. The zero-order chi connectivity index (χ0) is 17.1. The van der Waals surface area contributed by atoms with Crippen LogP contribution in [-0.2, 0) is 14.3 Å². The summed E-state index contributed by atoms with van der Waals surface area (Å²) in [6.45, 7) is 1.63. The lowest BCUT2D eigenvalue weighted by Gasteiger charge is -2.27. The van der Waals surface area contributed by atoms with Crippen LogP contribution >= 0.6 is 15.9 Å². The zero-order valence-corrected chi connectivity index (χ0v) is 14.4. The monoisotopic (exact) mass is 393 g/mol. The highest BCUT2D eigenvalue weighted by Gasteiger charge is 2.36. The number of halogens is 1. The molecular formula is C16H16BrN3O4. The summed E-state index contributed by atoms with van der Waals surface area (Å²) in [5.41, 5.74) is 0.933. The van der Waals surface area contributed by atoms with Gasteiger partial charge in [-0.05, 0) is 23.8 Å². The maximum atomic E-state index is 12.4. The van der Waals surface area contributed by atoms with Gasteiger partial charge >= 0.3 is 6.03 Å². The molecule has 1 N–H and O–H groups in total. The van der Waals surface area contributed by atoms with E-state index in [4.69, 9.17) is 4.74 Å². The van der Waals surface area contributed by atoms with Crippen molar-refractivity contribution in [3.63, 3.8) is 0 Å². The molecule has 3 rings (SSSR count). The van der Waals surface area contributed by atoms with Crippen LogP contribution in [0.3, 0.4) is 0 Å². The van der Waals surface area contributed by atoms with E-state index in [1.807, 2.05) is 24.3 Å². The van der Waals surface area contributed by atoms with Crippen molar-refractivity contribution < 1.29 is 19.1 Å². The molecule has 1 aromatic carbocycles. The van der Waals surface area contributed by atoms with Crippen molar-refractivity contribution in [3.8, 4) is 0 Å². The molecule has 2 saturated heterocycles. The fraction of sp³-hybridized carbons (Fsp3) is 0.312. The lowest BCUT2D eigenvalue weighted by Crippen LogP contribution is -2.47. The highest BCUT2D eigenvalue weighted by Crippen LogP contribution is 2.17. The summed E-state index contributed by atoms with van der Waals surface area (Å²) in [6.07, 6.45) is 1.59. The summed E-state index contributed by atoms with van der Waals surface area (Å²) in [5, 5.41) is 2.52. The Morgan fingerprint density at radius 3 is 2.75 bits per heavy atom. The van der Waals surface area contributed by atoms with Gasteiger partial charge in [0.05, 0.1) is 13.2 Å². The minimum atomic E-state index is -0.581. The van der Waals surface area contributed by atoms with Gasteiger partial charge in [0.1, 0.15) is 12.2 Å². The van der Waals surface area contributed by atoms with Gasteiger partial charge in [0, 0.05) is 17.6 Å². The molecule has 2 heterocycles. The van der Waals surface area contributed by atoms with Crippen molar-refractivity contribution in [2.75, 3.05) is 32.8 Å². The SMILES string of the molecule is O=C(CN1C(=O)N/C(=C\c2cccc(Br)c2)C1=O)N1CCOCC1. The van der Waals surface area contributed by atoms with E-state index < -0.39 is 11.9 Å². The fourth-order valence-corrected chi connectivity index (χ4v) is 2.94. The quantitative estimate of drug-likeness (QED) is 0.618. The Kier molecular flexibility index (Phi) is 4.96. The Bertz CT molecular complexity index is 713. The van der Waals surface area contributed by atoms with Crippen LogP contribution in [0, 0.1) is 0 Å². The molecule has 7 nitrogen and oxygen atoms in total. The van der Waals surface area contributed by atoms with Crippen molar-refractivity contribution in [3.05, 3.63) is 40.0 Å². The number of imide groups is 1. The van der Waals surface area contributed by atoms with E-state index in [0.29, 0.717) is 26.3 Å². The highest BCUT2D eigenvalue weighted by molar-refractivity contribution is 9.10. The van der Waals surface area contributed by atoms with E-state index in [0.717, 1.165) is 14.9 Å². The Labute approximate surface area is 147 Å². The minimum Gasteiger partial charge on any atom is -0.378 e. The van der Waals surface area contributed by atoms with E-state index in [9.17, 15) is 14.4 Å². The molecule has 0 spiro atoms. The largest absolute Gasteiger partial charge is 0.378 e. The number of amides is 4. The summed E-state index contributed by atoms with van der Waals surface area (Å²) in [4.78, 5) is 39.2. The molecule has 1 aromatic rings. The second-order valence-corrected chi connectivity index (χ2v) is 6.34. The summed E-state index contributed by atoms with van der Waals surface area (Å²) < 4.78 is 6.06. The van der Waals surface area contributed by atoms with E-state index in [-0.39, 0.29) is 18.1 Å². The maximum absolute atomic E-state index is 12.4. The van der Waals surface area contributed by atoms with Crippen LogP contribution in [-0.4, -0.2) is 60.5 Å². The Morgan fingerprint density at radius 2 is 2.04 bits per heavy atom. The molecule has 0 aromatic heterocycles. The predicted octanol–water partition coefficient (Wildman–Crippen LogP) is 1.20. The minimum absolute atomic E-state index is 0.160. The second kappa shape index (κ2) is 7.14. The molecule has 126 valence electrons. The first-order valence-corrected chi connectivity index (χ1v) is 8.29. The van der Waals surface area contributed by atoms with Gasteiger partial charge in [0.25, 0.3) is 5.91 Å². The predicted molar refractivity (Wildman–Crippen MR) is 89.8 cm³/mol. The van der Waals surface area contributed by atoms with Crippen LogP contribution in [0.2, 0.25) is 0 Å². The fourth-order valence-electron chi connectivity index (χ4n) is 2.53. The summed E-state index contributed by atoms with van der Waals surface area (Å²) in [5.74, 6) is -0.757. The number of carbonyl (C=O) groups excluding carboxylic acids is 3. The molecule has 8 heteroatoms. The van der Waals surface area contributed by atoms with Gasteiger partial charge in [-0.1, -0.05) is 28.1 Å². The van der Waals surface area contributed by atoms with Crippen molar-refractivity contribution >= 4 is 39.9 Å². The number of nitrogens with one attached hydrogen (secondary N) is 1. The molecule has 2 aliphatic rings. The van der Waals surface area contributed by atoms with Gasteiger partial charge in [-0.2, -0.15) is 0 Å². The van der Waals surface area contributed by atoms with Gasteiger partial charge in [0.15, 0.2) is 0 Å². The van der Waals surface area contributed by atoms with Crippen molar-refractivity contribution in [2.24, 2.45) is 0 Å². The first-order chi connectivity index (χ1) is 11.5. The van der Waals surface area contributed by atoms with Crippen LogP contribution in [0.1, 0.15) is 5.56 Å². The maximum Gasteiger partial charge on any atom is 0.329 e. The van der Waals surface area contributed by atoms with E-state index >= 15 is 0 Å². The highest BCUT2D eigenvalue weighted by atomic mass is 79.9.